The number of ether oxygens (including phenoxy) is 1. The Morgan fingerprint density at radius 2 is 1.50 bits per heavy atom. The monoisotopic (exact) mass is 327 g/mol. The van der Waals surface area contributed by atoms with E-state index in [-0.39, 0.29) is 11.1 Å². The Hall–Kier alpha value is -0.900. The summed E-state index contributed by atoms with van der Waals surface area (Å²) in [6, 6.07) is 0. The first-order valence-corrected chi connectivity index (χ1v) is 9.21. The fourth-order valence-electron chi connectivity index (χ4n) is 2.28. The maximum Gasteiger partial charge on any atom is 0.313 e. The van der Waals surface area contributed by atoms with Gasteiger partial charge in [-0.15, -0.1) is 6.58 Å². The molecular formula is C18H33NO2S. The summed E-state index contributed by atoms with van der Waals surface area (Å²) in [5.74, 6) is -0.238. The van der Waals surface area contributed by atoms with Gasteiger partial charge in [-0.2, -0.15) is 0 Å². The number of carbonyl (C=O) groups excluding carboxylic acids is 1. The molecule has 0 amide bonds. The van der Waals surface area contributed by atoms with Gasteiger partial charge in [0.1, 0.15) is 0 Å². The van der Waals surface area contributed by atoms with E-state index in [4.69, 9.17) is 17.0 Å². The summed E-state index contributed by atoms with van der Waals surface area (Å²) < 4.78 is 4.98. The van der Waals surface area contributed by atoms with Crippen LogP contribution in [0.3, 0.4) is 0 Å². The normalized spacial score (nSPS) is 10.2. The second-order valence-electron chi connectivity index (χ2n) is 5.72. The number of rotatable bonds is 14. The molecule has 0 spiro atoms. The number of hydrogen-bond donors (Lipinski definition) is 1. The highest BCUT2D eigenvalue weighted by Gasteiger charge is 2.05. The van der Waals surface area contributed by atoms with Gasteiger partial charge in [0.2, 0.25) is 0 Å². The highest BCUT2D eigenvalue weighted by Crippen LogP contribution is 2.12. The van der Waals surface area contributed by atoms with Gasteiger partial charge in [0.25, 0.3) is 5.17 Å². The first-order valence-electron chi connectivity index (χ1n) is 8.80. The van der Waals surface area contributed by atoms with Gasteiger partial charge in [0.15, 0.2) is 0 Å². The van der Waals surface area contributed by atoms with Crippen molar-refractivity contribution in [3.63, 3.8) is 0 Å². The predicted molar refractivity (Wildman–Crippen MR) is 98.0 cm³/mol. The van der Waals surface area contributed by atoms with Crippen LogP contribution in [-0.2, 0) is 9.53 Å². The molecule has 0 unspecified atom stereocenters. The average molecular weight is 328 g/mol. The Bertz CT molecular complexity index is 305. The van der Waals surface area contributed by atoms with E-state index in [2.05, 4.69) is 18.8 Å². The van der Waals surface area contributed by atoms with Crippen LogP contribution in [0.15, 0.2) is 12.7 Å². The lowest BCUT2D eigenvalue weighted by atomic mass is 10.1. The van der Waals surface area contributed by atoms with Crippen LogP contribution in [-0.4, -0.2) is 17.7 Å². The summed E-state index contributed by atoms with van der Waals surface area (Å²) in [4.78, 5) is 11.5. The van der Waals surface area contributed by atoms with Crippen molar-refractivity contribution in [3.8, 4) is 0 Å². The quantitative estimate of drug-likeness (QED) is 0.203. The lowest BCUT2D eigenvalue weighted by molar-refractivity contribution is -0.135. The average Bonchev–Trinajstić information content (AvgIpc) is 2.50. The lowest BCUT2D eigenvalue weighted by Crippen LogP contribution is -2.26. The zero-order valence-corrected chi connectivity index (χ0v) is 15.0. The zero-order valence-electron chi connectivity index (χ0n) is 14.2. The van der Waals surface area contributed by atoms with Crippen LogP contribution in [0.1, 0.15) is 84.0 Å². The van der Waals surface area contributed by atoms with E-state index in [1.807, 2.05) is 0 Å². The first kappa shape index (κ1) is 21.1. The van der Waals surface area contributed by atoms with E-state index in [1.165, 1.54) is 57.8 Å². The minimum Gasteiger partial charge on any atom is -0.399 e. The Morgan fingerprint density at radius 1 is 1.00 bits per heavy atom. The van der Waals surface area contributed by atoms with Crippen LogP contribution in [0, 0.1) is 0 Å². The number of esters is 1. The second-order valence-corrected chi connectivity index (χ2v) is 6.09. The molecule has 0 bridgehead atoms. The van der Waals surface area contributed by atoms with Gasteiger partial charge in [0, 0.05) is 13.0 Å². The number of nitrogens with one attached hydrogen (secondary N) is 1. The number of unbranched alkanes of at least 4 members (excludes halogenated alkanes) is 10. The topological polar surface area (TPSA) is 38.3 Å². The van der Waals surface area contributed by atoms with Crippen molar-refractivity contribution in [2.45, 2.75) is 84.0 Å². The van der Waals surface area contributed by atoms with Crippen molar-refractivity contribution in [3.05, 3.63) is 12.7 Å². The van der Waals surface area contributed by atoms with Gasteiger partial charge in [-0.3, -0.25) is 4.79 Å². The van der Waals surface area contributed by atoms with E-state index in [0.29, 0.717) is 13.0 Å². The fraction of sp³-hybridized carbons (Fsp3) is 0.778. The standard InChI is InChI=1S/C18H33NO2S/c1-3-5-6-7-8-9-10-11-12-13-14-15-17(20)21-18(22)19-16-4-2/h4H,2-3,5-16H2,1H3,(H,19,22). The van der Waals surface area contributed by atoms with Crippen LogP contribution in [0.2, 0.25) is 0 Å². The minimum atomic E-state index is -0.238. The summed E-state index contributed by atoms with van der Waals surface area (Å²) in [6.45, 7) is 6.33. The van der Waals surface area contributed by atoms with Crippen molar-refractivity contribution in [1.82, 2.24) is 5.32 Å². The fourth-order valence-corrected chi connectivity index (χ4v) is 2.46. The molecule has 3 nitrogen and oxygen atoms in total. The van der Waals surface area contributed by atoms with Crippen LogP contribution < -0.4 is 5.32 Å². The zero-order chi connectivity index (χ0) is 16.5. The molecule has 0 aliphatic heterocycles. The molecule has 4 heteroatoms. The molecule has 0 aliphatic rings. The molecule has 0 heterocycles. The highest BCUT2D eigenvalue weighted by atomic mass is 32.1. The Kier molecular flexibility index (Phi) is 15.8. The molecule has 0 aromatic carbocycles. The molecule has 0 aliphatic carbocycles. The highest BCUT2D eigenvalue weighted by molar-refractivity contribution is 7.80. The smallest absolute Gasteiger partial charge is 0.313 e. The van der Waals surface area contributed by atoms with Crippen LogP contribution in [0.25, 0.3) is 0 Å². The van der Waals surface area contributed by atoms with Crippen molar-refractivity contribution in [1.29, 1.82) is 0 Å². The third-order valence-corrected chi connectivity index (χ3v) is 3.81. The number of thiocarbonyl (C=S) groups is 1. The van der Waals surface area contributed by atoms with Crippen molar-refractivity contribution < 1.29 is 9.53 Å². The maximum atomic E-state index is 11.5. The van der Waals surface area contributed by atoms with Crippen molar-refractivity contribution >= 4 is 23.4 Å². The lowest BCUT2D eigenvalue weighted by Gasteiger charge is -2.06. The molecule has 128 valence electrons. The molecule has 0 atom stereocenters. The molecule has 0 aromatic rings. The maximum absolute atomic E-state index is 11.5. The van der Waals surface area contributed by atoms with Gasteiger partial charge in [-0.1, -0.05) is 77.2 Å². The molecule has 0 radical (unpaired) electrons. The summed E-state index contributed by atoms with van der Waals surface area (Å²) in [6.07, 6.45) is 16.1. The van der Waals surface area contributed by atoms with E-state index in [1.54, 1.807) is 6.08 Å². The molecule has 0 rings (SSSR count). The van der Waals surface area contributed by atoms with Gasteiger partial charge < -0.3 is 10.1 Å². The first-order chi connectivity index (χ1) is 10.7. The Labute approximate surface area is 141 Å². The van der Waals surface area contributed by atoms with Crippen LogP contribution >= 0.6 is 12.2 Å². The van der Waals surface area contributed by atoms with Gasteiger partial charge in [-0.05, 0) is 18.6 Å². The number of carbonyl (C=O) groups is 1. The minimum absolute atomic E-state index is 0.146. The summed E-state index contributed by atoms with van der Waals surface area (Å²) >= 11 is 4.88. The van der Waals surface area contributed by atoms with Crippen molar-refractivity contribution in [2.24, 2.45) is 0 Å². The van der Waals surface area contributed by atoms with Gasteiger partial charge in [-0.25, -0.2) is 0 Å². The second kappa shape index (κ2) is 16.5. The van der Waals surface area contributed by atoms with E-state index in [9.17, 15) is 4.79 Å². The van der Waals surface area contributed by atoms with E-state index in [0.717, 1.165) is 12.8 Å². The summed E-state index contributed by atoms with van der Waals surface area (Å²) in [7, 11) is 0. The molecule has 22 heavy (non-hydrogen) atoms. The molecular weight excluding hydrogens is 294 g/mol. The van der Waals surface area contributed by atoms with E-state index < -0.39 is 0 Å². The summed E-state index contributed by atoms with van der Waals surface area (Å²) in [5, 5.41) is 2.92. The predicted octanol–water partition coefficient (Wildman–Crippen LogP) is 5.29. The Morgan fingerprint density at radius 3 is 2.00 bits per heavy atom. The molecule has 0 aromatic heterocycles. The third kappa shape index (κ3) is 15.5. The van der Waals surface area contributed by atoms with Crippen LogP contribution in [0.5, 0.6) is 0 Å². The van der Waals surface area contributed by atoms with Crippen LogP contribution in [0.4, 0.5) is 0 Å². The molecule has 0 saturated carbocycles. The SMILES string of the molecule is C=CCNC(=S)OC(=O)CCCCCCCCCCCCC. The number of hydrogen-bond acceptors (Lipinski definition) is 3. The molecule has 0 fully saturated rings. The van der Waals surface area contributed by atoms with Crippen molar-refractivity contribution in [2.75, 3.05) is 6.54 Å². The largest absolute Gasteiger partial charge is 0.399 e. The third-order valence-electron chi connectivity index (χ3n) is 3.58. The molecule has 1 N–H and O–H groups in total. The van der Waals surface area contributed by atoms with Gasteiger partial charge in [0.05, 0.1) is 0 Å². The molecule has 0 saturated heterocycles. The van der Waals surface area contributed by atoms with E-state index >= 15 is 0 Å². The van der Waals surface area contributed by atoms with Gasteiger partial charge >= 0.3 is 5.97 Å². The Balaban J connectivity index is 3.26. The summed E-state index contributed by atoms with van der Waals surface area (Å²) in [5.41, 5.74) is 0.